The Morgan fingerprint density at radius 1 is 0.953 bits per heavy atom. The number of ether oxygens (including phenoxy) is 1. The molecule has 0 saturated carbocycles. The van der Waals surface area contributed by atoms with Gasteiger partial charge >= 0.3 is 0 Å². The summed E-state index contributed by atoms with van der Waals surface area (Å²) >= 11 is 0. The van der Waals surface area contributed by atoms with Crippen LogP contribution < -0.4 is 4.74 Å². The monoisotopic (exact) mass is 577 g/mol. The van der Waals surface area contributed by atoms with Gasteiger partial charge in [0.15, 0.2) is 11.5 Å². The van der Waals surface area contributed by atoms with Gasteiger partial charge in [0, 0.05) is 60.6 Å². The molecule has 6 heterocycles. The zero-order valence-corrected chi connectivity index (χ0v) is 24.1. The van der Waals surface area contributed by atoms with Gasteiger partial charge in [-0.15, -0.1) is 0 Å². The highest BCUT2D eigenvalue weighted by molar-refractivity contribution is 5.96. The maximum absolute atomic E-state index is 14.7. The van der Waals surface area contributed by atoms with Crippen molar-refractivity contribution in [2.24, 2.45) is 0 Å². The number of nitrogens with one attached hydrogen (secondary N) is 2. The summed E-state index contributed by atoms with van der Waals surface area (Å²) in [6.45, 7) is 4.31. The first-order valence-corrected chi connectivity index (χ1v) is 14.4. The highest BCUT2D eigenvalue weighted by Crippen LogP contribution is 2.33. The molecule has 0 bridgehead atoms. The molecular weight excluding hydrogens is 545 g/mol. The Hall–Kier alpha value is -4.74. The SMILES string of the molecule is CN(C)Cc1cncc(-c2cnc3[nH]nc(-c4nc5c(-c6cc(F)cc(OCCN7CCCC7)c6)nccc5[nH]4)c3c2)c1. The van der Waals surface area contributed by atoms with Gasteiger partial charge in [-0.2, -0.15) is 5.10 Å². The second-order valence-electron chi connectivity index (χ2n) is 11.2. The Kier molecular flexibility index (Phi) is 7.25. The largest absolute Gasteiger partial charge is 0.492 e. The van der Waals surface area contributed by atoms with E-state index >= 15 is 0 Å². The van der Waals surface area contributed by atoms with Gasteiger partial charge in [0.25, 0.3) is 0 Å². The molecule has 6 aromatic rings. The van der Waals surface area contributed by atoms with Crippen molar-refractivity contribution in [2.45, 2.75) is 19.4 Å². The molecule has 11 heteroatoms. The summed E-state index contributed by atoms with van der Waals surface area (Å²) in [5.74, 6) is 0.654. The molecule has 43 heavy (non-hydrogen) atoms. The number of fused-ring (bicyclic) bond motifs is 2. The van der Waals surface area contributed by atoms with E-state index < -0.39 is 0 Å². The van der Waals surface area contributed by atoms with Crippen molar-refractivity contribution in [1.82, 2.24) is 44.9 Å². The van der Waals surface area contributed by atoms with E-state index in [1.54, 1.807) is 6.20 Å². The van der Waals surface area contributed by atoms with E-state index in [4.69, 9.17) is 9.72 Å². The lowest BCUT2D eigenvalue weighted by Gasteiger charge is -2.15. The second kappa shape index (κ2) is 11.5. The molecule has 2 N–H and O–H groups in total. The van der Waals surface area contributed by atoms with Crippen molar-refractivity contribution in [3.63, 3.8) is 0 Å². The van der Waals surface area contributed by atoms with Gasteiger partial charge in [-0.1, -0.05) is 0 Å². The van der Waals surface area contributed by atoms with Crippen LogP contribution in [0.1, 0.15) is 18.4 Å². The number of nitrogens with zero attached hydrogens (tertiary/aromatic N) is 7. The highest BCUT2D eigenvalue weighted by atomic mass is 19.1. The van der Waals surface area contributed by atoms with Crippen LogP contribution in [0.15, 0.2) is 61.2 Å². The van der Waals surface area contributed by atoms with E-state index in [1.165, 1.54) is 25.0 Å². The van der Waals surface area contributed by atoms with Crippen molar-refractivity contribution in [3.8, 4) is 39.7 Å². The topological polar surface area (TPSA) is 112 Å². The van der Waals surface area contributed by atoms with Gasteiger partial charge in [-0.05, 0) is 75.9 Å². The Balaban J connectivity index is 1.21. The zero-order valence-electron chi connectivity index (χ0n) is 24.1. The molecule has 0 radical (unpaired) electrons. The number of hydrogen-bond acceptors (Lipinski definition) is 8. The maximum Gasteiger partial charge on any atom is 0.159 e. The zero-order chi connectivity index (χ0) is 29.3. The lowest BCUT2D eigenvalue weighted by molar-refractivity contribution is 0.237. The van der Waals surface area contributed by atoms with Gasteiger partial charge in [0.1, 0.15) is 29.4 Å². The fraction of sp³-hybridized carbons (Fsp3) is 0.281. The predicted molar refractivity (Wildman–Crippen MR) is 164 cm³/mol. The molecule has 0 amide bonds. The first-order chi connectivity index (χ1) is 21.0. The van der Waals surface area contributed by atoms with Crippen LogP contribution in [0.4, 0.5) is 4.39 Å². The van der Waals surface area contributed by atoms with Crippen LogP contribution in [0, 0.1) is 5.82 Å². The minimum atomic E-state index is -0.385. The molecular formula is C32H32FN9O. The third kappa shape index (κ3) is 5.69. The summed E-state index contributed by atoms with van der Waals surface area (Å²) in [4.78, 5) is 26.4. The number of likely N-dealkylation sites (tertiary alicyclic amines) is 1. The first kappa shape index (κ1) is 27.1. The van der Waals surface area contributed by atoms with E-state index in [1.807, 2.05) is 50.9 Å². The van der Waals surface area contributed by atoms with Crippen LogP contribution in [0.5, 0.6) is 5.75 Å². The number of imidazole rings is 1. The van der Waals surface area contributed by atoms with Gasteiger partial charge in [-0.3, -0.25) is 20.0 Å². The first-order valence-electron chi connectivity index (χ1n) is 14.4. The normalized spacial score (nSPS) is 14.0. The average Bonchev–Trinajstić information content (AvgIpc) is 3.76. The number of H-pyrrole nitrogens is 2. The summed E-state index contributed by atoms with van der Waals surface area (Å²) in [6.07, 6.45) is 9.66. The van der Waals surface area contributed by atoms with Crippen LogP contribution >= 0.6 is 0 Å². The molecule has 7 rings (SSSR count). The van der Waals surface area contributed by atoms with Crippen LogP contribution in [0.25, 0.3) is 56.0 Å². The van der Waals surface area contributed by atoms with Crippen LogP contribution in [0.3, 0.4) is 0 Å². The number of pyridine rings is 3. The molecule has 0 aliphatic carbocycles. The van der Waals surface area contributed by atoms with Crippen molar-refractivity contribution in [3.05, 3.63) is 72.6 Å². The molecule has 5 aromatic heterocycles. The van der Waals surface area contributed by atoms with Crippen LogP contribution in [-0.2, 0) is 6.54 Å². The molecule has 0 spiro atoms. The number of aromatic nitrogens is 7. The third-order valence-corrected chi connectivity index (χ3v) is 7.69. The van der Waals surface area contributed by atoms with Crippen molar-refractivity contribution in [2.75, 3.05) is 40.3 Å². The minimum absolute atomic E-state index is 0.385. The summed E-state index contributed by atoms with van der Waals surface area (Å²) in [5.41, 5.74) is 6.84. The Bertz CT molecular complexity index is 1910. The number of halogens is 1. The Morgan fingerprint density at radius 3 is 2.67 bits per heavy atom. The molecule has 1 saturated heterocycles. The van der Waals surface area contributed by atoms with E-state index in [9.17, 15) is 4.39 Å². The number of rotatable bonds is 9. The Morgan fingerprint density at radius 2 is 1.81 bits per heavy atom. The van der Waals surface area contributed by atoms with E-state index in [0.29, 0.717) is 46.3 Å². The molecule has 10 nitrogen and oxygen atoms in total. The van der Waals surface area contributed by atoms with Crippen molar-refractivity contribution >= 4 is 22.1 Å². The molecule has 218 valence electrons. The third-order valence-electron chi connectivity index (χ3n) is 7.69. The van der Waals surface area contributed by atoms with E-state index in [-0.39, 0.29) is 5.82 Å². The molecule has 1 aliphatic heterocycles. The van der Waals surface area contributed by atoms with Gasteiger partial charge in [-0.25, -0.2) is 14.4 Å². The smallest absolute Gasteiger partial charge is 0.159 e. The summed E-state index contributed by atoms with van der Waals surface area (Å²) < 4.78 is 20.7. The molecule has 1 aromatic carbocycles. The molecule has 1 aliphatic rings. The fourth-order valence-electron chi connectivity index (χ4n) is 5.68. The summed E-state index contributed by atoms with van der Waals surface area (Å²) in [5, 5.41) is 8.38. The van der Waals surface area contributed by atoms with Crippen LogP contribution in [0.2, 0.25) is 0 Å². The highest BCUT2D eigenvalue weighted by Gasteiger charge is 2.18. The van der Waals surface area contributed by atoms with Gasteiger partial charge in [0.05, 0.1) is 16.6 Å². The van der Waals surface area contributed by atoms with Crippen LogP contribution in [-0.4, -0.2) is 85.3 Å². The van der Waals surface area contributed by atoms with Gasteiger partial charge in [0.2, 0.25) is 0 Å². The molecule has 1 fully saturated rings. The molecule has 0 atom stereocenters. The van der Waals surface area contributed by atoms with E-state index in [2.05, 4.69) is 46.0 Å². The second-order valence-corrected chi connectivity index (χ2v) is 11.2. The summed E-state index contributed by atoms with van der Waals surface area (Å²) in [6, 6.07) is 10.7. The van der Waals surface area contributed by atoms with E-state index in [0.717, 1.165) is 53.8 Å². The van der Waals surface area contributed by atoms with Gasteiger partial charge < -0.3 is 14.6 Å². The average molecular weight is 578 g/mol. The predicted octanol–water partition coefficient (Wildman–Crippen LogP) is 5.30. The molecule has 0 unspecified atom stereocenters. The number of benzene rings is 1. The fourth-order valence-corrected chi connectivity index (χ4v) is 5.68. The lowest BCUT2D eigenvalue weighted by Crippen LogP contribution is -2.25. The maximum atomic E-state index is 14.7. The minimum Gasteiger partial charge on any atom is -0.492 e. The lowest BCUT2D eigenvalue weighted by atomic mass is 10.1. The quantitative estimate of drug-likeness (QED) is 0.238. The van der Waals surface area contributed by atoms with Crippen molar-refractivity contribution < 1.29 is 9.13 Å². The standard InChI is InChI=1S/C32H32FN9O/c1-41(2)19-20-11-22(17-34-16-20)23-14-26-29(39-40-31(26)36-18-23)32-37-27-5-6-35-28(30(27)38-32)21-12-24(33)15-25(13-21)43-10-9-42-7-3-4-8-42/h5-6,11-18H,3-4,7-10,19H2,1-2H3,(H,37,38)(H,36,39,40). The number of aromatic amines is 2. The number of hydrogen-bond donors (Lipinski definition) is 2. The van der Waals surface area contributed by atoms with Crippen molar-refractivity contribution in [1.29, 1.82) is 0 Å². The summed E-state index contributed by atoms with van der Waals surface area (Å²) in [7, 11) is 4.06. The Labute approximate surface area is 248 Å².